The molecule has 0 unspecified atom stereocenters. The van der Waals surface area contributed by atoms with Gasteiger partial charge in [0.25, 0.3) is 11.8 Å². The van der Waals surface area contributed by atoms with E-state index in [9.17, 15) is 9.59 Å². The number of halogens is 3. The molecule has 0 aliphatic heterocycles. The Balaban J connectivity index is 1.23. The van der Waals surface area contributed by atoms with Crippen molar-refractivity contribution in [2.45, 2.75) is 44.3 Å². The minimum Gasteiger partial charge on any atom is -0.349 e. The smallest absolute Gasteiger partial charge is 0.266 e. The largest absolute Gasteiger partial charge is 0.349 e. The van der Waals surface area contributed by atoms with Gasteiger partial charge in [-0.2, -0.15) is 0 Å². The van der Waals surface area contributed by atoms with Gasteiger partial charge in [0, 0.05) is 41.1 Å². The summed E-state index contributed by atoms with van der Waals surface area (Å²) in [5.74, 6) is -0.359. The molecule has 2 amide bonds. The van der Waals surface area contributed by atoms with Crippen LogP contribution in [-0.2, 0) is 6.54 Å². The van der Waals surface area contributed by atoms with Crippen LogP contribution in [0.1, 0.15) is 51.3 Å². The van der Waals surface area contributed by atoms with Crippen molar-refractivity contribution in [1.82, 2.24) is 20.2 Å². The SMILES string of the molecule is O=C(NC1CCC(N(Cc2cccc(-c3ccncc3)c2)C(=O)c2sc3ccccc3c2Cl)CC1)c1ccc(Cl)nc1Cl. The number of fused-ring (bicyclic) bond motifs is 1. The summed E-state index contributed by atoms with van der Waals surface area (Å²) in [5.41, 5.74) is 3.45. The van der Waals surface area contributed by atoms with Gasteiger partial charge in [0.05, 0.1) is 10.6 Å². The summed E-state index contributed by atoms with van der Waals surface area (Å²) in [5, 5.41) is 4.77. The Hall–Kier alpha value is -3.49. The van der Waals surface area contributed by atoms with E-state index in [4.69, 9.17) is 34.8 Å². The molecule has 6 rings (SSSR count). The van der Waals surface area contributed by atoms with Gasteiger partial charge in [0.1, 0.15) is 15.2 Å². The fourth-order valence-corrected chi connectivity index (χ4v) is 7.51. The Labute approximate surface area is 268 Å². The number of nitrogens with zero attached hydrogens (tertiary/aromatic N) is 3. The average molecular weight is 650 g/mol. The van der Waals surface area contributed by atoms with Gasteiger partial charge in [0.2, 0.25) is 0 Å². The van der Waals surface area contributed by atoms with Crippen molar-refractivity contribution in [1.29, 1.82) is 0 Å². The van der Waals surface area contributed by atoms with Crippen LogP contribution in [0.3, 0.4) is 0 Å². The topological polar surface area (TPSA) is 75.2 Å². The lowest BCUT2D eigenvalue weighted by Crippen LogP contribution is -2.46. The van der Waals surface area contributed by atoms with Crippen LogP contribution in [0.4, 0.5) is 0 Å². The molecule has 6 nitrogen and oxygen atoms in total. The quantitative estimate of drug-likeness (QED) is 0.179. The first kappa shape index (κ1) is 29.6. The van der Waals surface area contributed by atoms with E-state index in [0.717, 1.165) is 52.5 Å². The maximum atomic E-state index is 14.2. The number of thiophene rings is 1. The maximum Gasteiger partial charge on any atom is 0.266 e. The predicted molar refractivity (Wildman–Crippen MR) is 174 cm³/mol. The lowest BCUT2D eigenvalue weighted by Gasteiger charge is -2.37. The predicted octanol–water partition coefficient (Wildman–Crippen LogP) is 8.70. The van der Waals surface area contributed by atoms with E-state index in [1.807, 2.05) is 53.4 Å². The summed E-state index contributed by atoms with van der Waals surface area (Å²) < 4.78 is 0.984. The number of rotatable bonds is 7. The molecule has 10 heteroatoms. The van der Waals surface area contributed by atoms with Crippen molar-refractivity contribution in [3.63, 3.8) is 0 Å². The molecule has 3 heterocycles. The normalized spacial score (nSPS) is 16.6. The second-order valence-electron chi connectivity index (χ2n) is 10.6. The van der Waals surface area contributed by atoms with Gasteiger partial charge in [-0.15, -0.1) is 11.3 Å². The van der Waals surface area contributed by atoms with Crippen LogP contribution in [0.2, 0.25) is 15.3 Å². The van der Waals surface area contributed by atoms with Crippen molar-refractivity contribution in [3.05, 3.63) is 117 Å². The molecule has 0 atom stereocenters. The maximum absolute atomic E-state index is 14.2. The van der Waals surface area contributed by atoms with Gasteiger partial charge in [0.15, 0.2) is 0 Å². The minimum atomic E-state index is -0.282. The summed E-state index contributed by atoms with van der Waals surface area (Å²) in [7, 11) is 0. The molecular weight excluding hydrogens is 623 g/mol. The highest BCUT2D eigenvalue weighted by Gasteiger charge is 2.32. The molecule has 43 heavy (non-hydrogen) atoms. The van der Waals surface area contributed by atoms with Crippen molar-refractivity contribution >= 4 is 68.0 Å². The number of nitrogens with one attached hydrogen (secondary N) is 1. The molecule has 1 saturated carbocycles. The highest BCUT2D eigenvalue weighted by molar-refractivity contribution is 7.21. The van der Waals surface area contributed by atoms with Crippen molar-refractivity contribution in [3.8, 4) is 11.1 Å². The first-order chi connectivity index (χ1) is 20.9. The Morgan fingerprint density at radius 2 is 1.65 bits per heavy atom. The number of hydrogen-bond donors (Lipinski definition) is 1. The standard InChI is InChI=1S/C33H27Cl3N4O2S/c34-28-13-12-26(31(36)39-28)32(41)38-23-8-10-24(11-9-23)40(33(42)30-29(35)25-6-1-2-7-27(25)43-30)19-20-4-3-5-22(18-20)21-14-16-37-17-15-21/h1-7,12-18,23-24H,8-11,19H2,(H,38,41). The van der Waals surface area contributed by atoms with Crippen LogP contribution < -0.4 is 5.32 Å². The highest BCUT2D eigenvalue weighted by atomic mass is 35.5. The second kappa shape index (κ2) is 13.0. The highest BCUT2D eigenvalue weighted by Crippen LogP contribution is 2.37. The molecule has 0 bridgehead atoms. The van der Waals surface area contributed by atoms with Gasteiger partial charge in [-0.25, -0.2) is 4.98 Å². The number of pyridine rings is 2. The lowest BCUT2D eigenvalue weighted by molar-refractivity contribution is 0.0597. The molecule has 1 fully saturated rings. The van der Waals surface area contributed by atoms with Crippen molar-refractivity contribution < 1.29 is 9.59 Å². The molecule has 0 radical (unpaired) electrons. The van der Waals surface area contributed by atoms with Crippen LogP contribution in [0, 0.1) is 0 Å². The Morgan fingerprint density at radius 3 is 2.40 bits per heavy atom. The zero-order valence-electron chi connectivity index (χ0n) is 23.0. The third kappa shape index (κ3) is 6.55. The fraction of sp³-hybridized carbons (Fsp3) is 0.212. The van der Waals surface area contributed by atoms with Crippen molar-refractivity contribution in [2.75, 3.05) is 0 Å². The van der Waals surface area contributed by atoms with Crippen LogP contribution >= 0.6 is 46.1 Å². The number of benzene rings is 2. The molecule has 2 aromatic carbocycles. The summed E-state index contributed by atoms with van der Waals surface area (Å²) in [4.78, 5) is 37.8. The van der Waals surface area contributed by atoms with Gasteiger partial charge in [-0.1, -0.05) is 71.2 Å². The molecule has 0 spiro atoms. The lowest BCUT2D eigenvalue weighted by atomic mass is 9.89. The first-order valence-corrected chi connectivity index (χ1v) is 15.9. The number of carbonyl (C=O) groups is 2. The molecule has 5 aromatic rings. The van der Waals surface area contributed by atoms with Gasteiger partial charge >= 0.3 is 0 Å². The third-order valence-corrected chi connectivity index (χ3v) is 9.98. The minimum absolute atomic E-state index is 0.0210. The van der Waals surface area contributed by atoms with E-state index in [0.29, 0.717) is 22.0 Å². The fourth-order valence-electron chi connectivity index (χ4n) is 5.62. The second-order valence-corrected chi connectivity index (χ2v) is 12.7. The van der Waals surface area contributed by atoms with E-state index in [1.165, 1.54) is 11.3 Å². The van der Waals surface area contributed by atoms with E-state index >= 15 is 0 Å². The summed E-state index contributed by atoms with van der Waals surface area (Å²) in [6, 6.07) is 23.1. The number of amides is 2. The summed E-state index contributed by atoms with van der Waals surface area (Å²) in [6.45, 7) is 0.441. The van der Waals surface area contributed by atoms with Crippen molar-refractivity contribution in [2.24, 2.45) is 0 Å². The van der Waals surface area contributed by atoms with Gasteiger partial charge < -0.3 is 10.2 Å². The number of hydrogen-bond acceptors (Lipinski definition) is 5. The van der Waals surface area contributed by atoms with E-state index in [2.05, 4.69) is 27.4 Å². The van der Waals surface area contributed by atoms with Gasteiger partial charge in [-0.3, -0.25) is 14.6 Å². The molecule has 3 aromatic heterocycles. The van der Waals surface area contributed by atoms with Crippen LogP contribution in [0.25, 0.3) is 21.2 Å². The molecule has 1 aliphatic carbocycles. The van der Waals surface area contributed by atoms with Gasteiger partial charge in [-0.05, 0) is 78.8 Å². The monoisotopic (exact) mass is 648 g/mol. The first-order valence-electron chi connectivity index (χ1n) is 14.0. The van der Waals surface area contributed by atoms with Crippen LogP contribution in [-0.4, -0.2) is 38.8 Å². The summed E-state index contributed by atoms with van der Waals surface area (Å²) in [6.07, 6.45) is 6.45. The van der Waals surface area contributed by atoms with E-state index < -0.39 is 0 Å². The van der Waals surface area contributed by atoms with Crippen LogP contribution in [0.5, 0.6) is 0 Å². The molecule has 1 N–H and O–H groups in total. The molecule has 218 valence electrons. The van der Waals surface area contributed by atoms with E-state index in [-0.39, 0.29) is 34.2 Å². The average Bonchev–Trinajstić information content (AvgIpc) is 3.37. The third-order valence-electron chi connectivity index (χ3n) is 7.82. The molecular formula is C33H27Cl3N4O2S. The zero-order chi connectivity index (χ0) is 29.9. The van der Waals surface area contributed by atoms with Crippen LogP contribution in [0.15, 0.2) is 85.2 Å². The zero-order valence-corrected chi connectivity index (χ0v) is 26.1. The van der Waals surface area contributed by atoms with E-state index in [1.54, 1.807) is 24.5 Å². The molecule has 1 aliphatic rings. The Morgan fingerprint density at radius 1 is 0.884 bits per heavy atom. The molecule has 0 saturated heterocycles. The Bertz CT molecular complexity index is 1790. The number of aromatic nitrogens is 2. The Kier molecular flexibility index (Phi) is 8.96. The number of carbonyl (C=O) groups excluding carboxylic acids is 2. The summed E-state index contributed by atoms with van der Waals surface area (Å²) >= 11 is 20.3.